The van der Waals surface area contributed by atoms with Crippen LogP contribution >= 0.6 is 0 Å². The van der Waals surface area contributed by atoms with Crippen molar-refractivity contribution >= 4 is 17.4 Å². The summed E-state index contributed by atoms with van der Waals surface area (Å²) in [5.74, 6) is 1.53. The first-order valence-corrected chi connectivity index (χ1v) is 8.05. The molecular weight excluding hydrogens is 312 g/mol. The molecule has 1 heterocycles. The second-order valence-corrected chi connectivity index (χ2v) is 5.72. The highest BCUT2D eigenvalue weighted by Crippen LogP contribution is 2.23. The van der Waals surface area contributed by atoms with Crippen LogP contribution in [0.1, 0.15) is 11.1 Å². The van der Waals surface area contributed by atoms with Crippen molar-refractivity contribution in [2.45, 2.75) is 13.2 Å². The standard InChI is InChI=1S/C21H16N2O2/c1-4-16-10-17(5-1)14-25-21-9-3-7-19(12-21)23-15-22-18-6-2-8-20(11-18)24-13-16/h1-12H,13-14H2. The zero-order chi connectivity index (χ0) is 16.9. The zero-order valence-electron chi connectivity index (χ0n) is 13.6. The molecular formula is C21H16N2O2. The number of rotatable bonds is 0. The largest absolute Gasteiger partial charge is 0.489 e. The number of aliphatic imine (C=N–C) groups is 2. The highest BCUT2D eigenvalue weighted by Gasteiger charge is 2.02. The lowest BCUT2D eigenvalue weighted by Gasteiger charge is -2.10. The molecule has 0 aliphatic carbocycles. The van der Waals surface area contributed by atoms with E-state index in [1.807, 2.05) is 66.7 Å². The quantitative estimate of drug-likeness (QED) is 0.562. The maximum Gasteiger partial charge on any atom is 0.121 e. The van der Waals surface area contributed by atoms with Gasteiger partial charge in [-0.3, -0.25) is 0 Å². The van der Waals surface area contributed by atoms with Crippen LogP contribution < -0.4 is 9.47 Å². The molecule has 4 rings (SSSR count). The van der Waals surface area contributed by atoms with Crippen LogP contribution in [0.4, 0.5) is 11.4 Å². The first kappa shape index (κ1) is 15.2. The molecule has 0 radical (unpaired) electrons. The van der Waals surface area contributed by atoms with Crippen molar-refractivity contribution in [1.82, 2.24) is 0 Å². The summed E-state index contributed by atoms with van der Waals surface area (Å²) in [7, 11) is 0. The van der Waals surface area contributed by atoms with Crippen molar-refractivity contribution in [3.63, 3.8) is 0 Å². The lowest BCUT2D eigenvalue weighted by molar-refractivity contribution is 0.300. The SMILES string of the molecule is C1=Nc2cccc(c2)OCc2cccc(c2)COc2cccc(c2)N=1. The zero-order valence-corrected chi connectivity index (χ0v) is 13.6. The summed E-state index contributed by atoms with van der Waals surface area (Å²) >= 11 is 0. The predicted octanol–water partition coefficient (Wildman–Crippen LogP) is 5.30. The Morgan fingerprint density at radius 1 is 0.640 bits per heavy atom. The van der Waals surface area contributed by atoms with Crippen molar-refractivity contribution < 1.29 is 9.47 Å². The molecule has 0 saturated heterocycles. The van der Waals surface area contributed by atoms with Crippen LogP contribution in [0.25, 0.3) is 0 Å². The fourth-order valence-corrected chi connectivity index (χ4v) is 2.57. The summed E-state index contributed by atoms with van der Waals surface area (Å²) in [5.41, 5.74) is 3.68. The third-order valence-electron chi connectivity index (χ3n) is 3.80. The molecule has 0 fully saturated rings. The number of benzene rings is 3. The van der Waals surface area contributed by atoms with Crippen molar-refractivity contribution in [2.75, 3.05) is 0 Å². The molecule has 1 aliphatic rings. The molecule has 1 aliphatic heterocycles. The minimum absolute atomic E-state index is 0.491. The normalized spacial score (nSPS) is 13.0. The molecule has 4 heteroatoms. The summed E-state index contributed by atoms with van der Waals surface area (Å²) < 4.78 is 11.7. The molecule has 0 unspecified atom stereocenters. The number of ether oxygens (including phenoxy) is 2. The Labute approximate surface area is 146 Å². The molecule has 122 valence electrons. The molecule has 6 bridgehead atoms. The van der Waals surface area contributed by atoms with Gasteiger partial charge >= 0.3 is 0 Å². The van der Waals surface area contributed by atoms with Gasteiger partial charge in [-0.1, -0.05) is 30.3 Å². The summed E-state index contributed by atoms with van der Waals surface area (Å²) in [6, 6.07) is 26.1. The molecule has 0 spiro atoms. The van der Waals surface area contributed by atoms with Gasteiger partial charge in [0.2, 0.25) is 0 Å². The van der Waals surface area contributed by atoms with Gasteiger partial charge in [0.25, 0.3) is 0 Å². The van der Waals surface area contributed by atoms with E-state index in [-0.39, 0.29) is 0 Å². The first-order chi connectivity index (χ1) is 12.3. The third-order valence-corrected chi connectivity index (χ3v) is 3.80. The number of hydrogen-bond acceptors (Lipinski definition) is 4. The van der Waals surface area contributed by atoms with E-state index >= 15 is 0 Å². The number of nitrogens with zero attached hydrogens (tertiary/aromatic N) is 2. The van der Waals surface area contributed by atoms with Gasteiger partial charge in [-0.15, -0.1) is 0 Å². The lowest BCUT2D eigenvalue weighted by atomic mass is 10.1. The van der Waals surface area contributed by atoms with E-state index in [0.717, 1.165) is 34.0 Å². The highest BCUT2D eigenvalue weighted by molar-refractivity contribution is 5.59. The molecule has 0 N–H and O–H groups in total. The second-order valence-electron chi connectivity index (χ2n) is 5.72. The van der Waals surface area contributed by atoms with Crippen LogP contribution in [0.15, 0.2) is 82.8 Å². The Morgan fingerprint density at radius 2 is 1.16 bits per heavy atom. The summed E-state index contributed by atoms with van der Waals surface area (Å²) in [6.45, 7) is 0.981. The van der Waals surface area contributed by atoms with Crippen LogP contribution in [0.5, 0.6) is 11.5 Å². The Morgan fingerprint density at radius 3 is 1.72 bits per heavy atom. The topological polar surface area (TPSA) is 43.2 Å². The van der Waals surface area contributed by atoms with Gasteiger partial charge in [0.1, 0.15) is 30.7 Å². The van der Waals surface area contributed by atoms with E-state index in [1.165, 1.54) is 0 Å². The fraction of sp³-hybridized carbons (Fsp3) is 0.0952. The molecule has 0 saturated carbocycles. The maximum absolute atomic E-state index is 5.87. The molecule has 0 aromatic heterocycles. The Bertz CT molecular complexity index is 889. The van der Waals surface area contributed by atoms with Gasteiger partial charge < -0.3 is 9.47 Å². The van der Waals surface area contributed by atoms with Gasteiger partial charge in [-0.25, -0.2) is 0 Å². The van der Waals surface area contributed by atoms with E-state index in [0.29, 0.717) is 13.2 Å². The molecule has 25 heavy (non-hydrogen) atoms. The Kier molecular flexibility index (Phi) is 4.27. The van der Waals surface area contributed by atoms with E-state index in [9.17, 15) is 0 Å². The van der Waals surface area contributed by atoms with E-state index < -0.39 is 0 Å². The number of fused-ring (bicyclic) bond motifs is 6. The van der Waals surface area contributed by atoms with Crippen LogP contribution in [0.3, 0.4) is 0 Å². The smallest absolute Gasteiger partial charge is 0.121 e. The van der Waals surface area contributed by atoms with E-state index in [1.54, 1.807) is 0 Å². The monoisotopic (exact) mass is 328 g/mol. The maximum atomic E-state index is 5.87. The summed E-state index contributed by atoms with van der Waals surface area (Å²) in [5, 5.41) is 0. The molecule has 0 amide bonds. The van der Waals surface area contributed by atoms with Crippen molar-refractivity contribution in [3.05, 3.63) is 83.9 Å². The van der Waals surface area contributed by atoms with Gasteiger partial charge in [0.05, 0.1) is 11.4 Å². The van der Waals surface area contributed by atoms with Gasteiger partial charge in [-0.05, 0) is 41.5 Å². The van der Waals surface area contributed by atoms with Crippen molar-refractivity contribution in [3.8, 4) is 11.5 Å². The van der Waals surface area contributed by atoms with E-state index in [4.69, 9.17) is 9.47 Å². The van der Waals surface area contributed by atoms with Crippen LogP contribution in [-0.2, 0) is 13.2 Å². The van der Waals surface area contributed by atoms with Crippen molar-refractivity contribution in [2.24, 2.45) is 9.98 Å². The average molecular weight is 328 g/mol. The predicted molar refractivity (Wildman–Crippen MR) is 97.2 cm³/mol. The van der Waals surface area contributed by atoms with Gasteiger partial charge in [0, 0.05) is 12.1 Å². The minimum atomic E-state index is 0.491. The van der Waals surface area contributed by atoms with Gasteiger partial charge in [-0.2, -0.15) is 9.98 Å². The second kappa shape index (κ2) is 7.04. The van der Waals surface area contributed by atoms with E-state index in [2.05, 4.69) is 22.1 Å². The fourth-order valence-electron chi connectivity index (χ4n) is 2.57. The minimum Gasteiger partial charge on any atom is -0.489 e. The van der Waals surface area contributed by atoms with Crippen LogP contribution in [0.2, 0.25) is 0 Å². The molecule has 3 aromatic rings. The third kappa shape index (κ3) is 3.94. The average Bonchev–Trinajstić information content (AvgIpc) is 2.65. The highest BCUT2D eigenvalue weighted by atomic mass is 16.5. The first-order valence-electron chi connectivity index (χ1n) is 8.05. The Hall–Kier alpha value is -3.36. The van der Waals surface area contributed by atoms with Crippen molar-refractivity contribution in [1.29, 1.82) is 0 Å². The number of hydrogen-bond donors (Lipinski definition) is 0. The van der Waals surface area contributed by atoms with Gasteiger partial charge in [0.15, 0.2) is 0 Å². The molecule has 3 aromatic carbocycles. The Balaban J connectivity index is 1.74. The van der Waals surface area contributed by atoms with Crippen LogP contribution in [-0.4, -0.2) is 6.01 Å². The van der Waals surface area contributed by atoms with Crippen LogP contribution in [0, 0.1) is 0 Å². The molecule has 4 nitrogen and oxygen atoms in total. The summed E-state index contributed by atoms with van der Waals surface area (Å²) in [6.07, 6.45) is 0. The molecule has 0 atom stereocenters. The lowest BCUT2D eigenvalue weighted by Crippen LogP contribution is -1.99. The summed E-state index contributed by atoms with van der Waals surface area (Å²) in [4.78, 5) is 8.49.